The van der Waals surface area contributed by atoms with Gasteiger partial charge in [0.25, 0.3) is 0 Å². The summed E-state index contributed by atoms with van der Waals surface area (Å²) in [5.74, 6) is 0.101. The molecule has 0 aliphatic carbocycles. The zero-order valence-corrected chi connectivity index (χ0v) is 15.1. The third kappa shape index (κ3) is 4.31. The van der Waals surface area contributed by atoms with Crippen LogP contribution in [0.5, 0.6) is 0 Å². The minimum Gasteiger partial charge on any atom is -0.379 e. The summed E-state index contributed by atoms with van der Waals surface area (Å²) in [6.45, 7) is 7.66. The molecule has 0 aromatic heterocycles. The summed E-state index contributed by atoms with van der Waals surface area (Å²) in [6, 6.07) is 7.76. The van der Waals surface area contributed by atoms with Crippen molar-refractivity contribution in [3.8, 4) is 0 Å². The van der Waals surface area contributed by atoms with E-state index in [-0.39, 0.29) is 17.4 Å². The number of amides is 3. The summed E-state index contributed by atoms with van der Waals surface area (Å²) in [4.78, 5) is 28.0. The number of nitrogens with zero attached hydrogens (tertiary/aromatic N) is 2. The summed E-state index contributed by atoms with van der Waals surface area (Å²) >= 11 is 0. The van der Waals surface area contributed by atoms with E-state index in [2.05, 4.69) is 5.32 Å². The monoisotopic (exact) mass is 345 g/mol. The molecule has 1 aromatic rings. The molecule has 6 heteroatoms. The van der Waals surface area contributed by atoms with Gasteiger partial charge in [-0.25, -0.2) is 4.79 Å². The van der Waals surface area contributed by atoms with E-state index >= 15 is 0 Å². The summed E-state index contributed by atoms with van der Waals surface area (Å²) in [5, 5.41) is 2.97. The first-order chi connectivity index (χ1) is 12.0. The van der Waals surface area contributed by atoms with Gasteiger partial charge in [-0.2, -0.15) is 0 Å². The maximum Gasteiger partial charge on any atom is 0.321 e. The number of urea groups is 1. The lowest BCUT2D eigenvalue weighted by Gasteiger charge is -2.42. The van der Waals surface area contributed by atoms with E-state index < -0.39 is 0 Å². The van der Waals surface area contributed by atoms with Crippen molar-refractivity contribution in [2.24, 2.45) is 5.41 Å². The average Bonchev–Trinajstić information content (AvgIpc) is 2.78. The highest BCUT2D eigenvalue weighted by atomic mass is 16.5. The van der Waals surface area contributed by atoms with E-state index in [9.17, 15) is 9.59 Å². The molecule has 6 nitrogen and oxygen atoms in total. The molecule has 0 saturated carbocycles. The number of carbonyl (C=O) groups is 2. The zero-order chi connectivity index (χ0) is 17.9. The quantitative estimate of drug-likeness (QED) is 0.851. The highest BCUT2D eigenvalue weighted by Crippen LogP contribution is 2.34. The van der Waals surface area contributed by atoms with Gasteiger partial charge in [0.15, 0.2) is 0 Å². The number of carbonyl (C=O) groups excluding carboxylic acids is 2. The van der Waals surface area contributed by atoms with Crippen LogP contribution in [0.2, 0.25) is 0 Å². The molecule has 3 rings (SSSR count). The van der Waals surface area contributed by atoms with Crippen LogP contribution in [0.1, 0.15) is 25.3 Å². The third-order valence-corrected chi connectivity index (χ3v) is 5.27. The number of ether oxygens (including phenoxy) is 1. The zero-order valence-electron chi connectivity index (χ0n) is 15.1. The standard InChI is InChI=1S/C19H27N3O3/c1-15-4-3-5-17(12-15)20-18(24)21-8-6-19(7-9-21)13-22(16(2)23)10-11-25-14-19/h3-5,12H,6-11,13-14H2,1-2H3,(H,20,24). The summed E-state index contributed by atoms with van der Waals surface area (Å²) in [6.07, 6.45) is 1.72. The predicted molar refractivity (Wildman–Crippen MR) is 96.5 cm³/mol. The van der Waals surface area contributed by atoms with Crippen LogP contribution in [0.25, 0.3) is 0 Å². The number of benzene rings is 1. The molecule has 0 bridgehead atoms. The maximum absolute atomic E-state index is 12.5. The first-order valence-electron chi connectivity index (χ1n) is 8.93. The number of rotatable bonds is 1. The van der Waals surface area contributed by atoms with Gasteiger partial charge in [0.2, 0.25) is 5.91 Å². The number of likely N-dealkylation sites (tertiary alicyclic amines) is 1. The number of aryl methyl sites for hydroxylation is 1. The molecule has 1 aromatic carbocycles. The molecule has 25 heavy (non-hydrogen) atoms. The van der Waals surface area contributed by atoms with E-state index in [0.717, 1.165) is 30.6 Å². The van der Waals surface area contributed by atoms with E-state index in [1.165, 1.54) is 0 Å². The minimum absolute atomic E-state index is 0.0255. The molecule has 0 unspecified atom stereocenters. The molecule has 2 aliphatic heterocycles. The molecule has 2 heterocycles. The van der Waals surface area contributed by atoms with Crippen LogP contribution in [0.3, 0.4) is 0 Å². The molecule has 1 N–H and O–H groups in total. The number of hydrogen-bond acceptors (Lipinski definition) is 3. The number of anilines is 1. The number of nitrogens with one attached hydrogen (secondary N) is 1. The molecule has 3 amide bonds. The Balaban J connectivity index is 1.59. The lowest BCUT2D eigenvalue weighted by molar-refractivity contribution is -0.130. The Morgan fingerprint density at radius 2 is 1.92 bits per heavy atom. The predicted octanol–water partition coefficient (Wildman–Crippen LogP) is 2.49. The summed E-state index contributed by atoms with van der Waals surface area (Å²) in [7, 11) is 0. The van der Waals surface area contributed by atoms with Crippen molar-refractivity contribution in [1.29, 1.82) is 0 Å². The van der Waals surface area contributed by atoms with Gasteiger partial charge in [0.1, 0.15) is 0 Å². The Hall–Kier alpha value is -2.08. The third-order valence-electron chi connectivity index (χ3n) is 5.27. The van der Waals surface area contributed by atoms with E-state index in [1.807, 2.05) is 41.0 Å². The minimum atomic E-state index is -0.0570. The SMILES string of the molecule is CC(=O)N1CCOCC2(CCN(C(=O)Nc3cccc(C)c3)CC2)C1. The molecule has 2 fully saturated rings. The van der Waals surface area contributed by atoms with Crippen LogP contribution in [0, 0.1) is 12.3 Å². The van der Waals surface area contributed by atoms with Crippen molar-refractivity contribution in [3.63, 3.8) is 0 Å². The molecular formula is C19H27N3O3. The fraction of sp³-hybridized carbons (Fsp3) is 0.579. The Morgan fingerprint density at radius 1 is 1.16 bits per heavy atom. The molecule has 136 valence electrons. The average molecular weight is 345 g/mol. The van der Waals surface area contributed by atoms with Gasteiger partial charge in [0, 0.05) is 44.2 Å². The van der Waals surface area contributed by atoms with Crippen molar-refractivity contribution in [3.05, 3.63) is 29.8 Å². The van der Waals surface area contributed by atoms with E-state index in [0.29, 0.717) is 32.8 Å². The van der Waals surface area contributed by atoms with Crippen molar-refractivity contribution in [2.45, 2.75) is 26.7 Å². The van der Waals surface area contributed by atoms with Crippen molar-refractivity contribution >= 4 is 17.6 Å². The van der Waals surface area contributed by atoms with E-state index in [4.69, 9.17) is 4.74 Å². The van der Waals surface area contributed by atoms with Gasteiger partial charge in [-0.15, -0.1) is 0 Å². The molecule has 0 radical (unpaired) electrons. The van der Waals surface area contributed by atoms with Gasteiger partial charge in [0.05, 0.1) is 13.2 Å². The summed E-state index contributed by atoms with van der Waals surface area (Å²) in [5.41, 5.74) is 1.92. The van der Waals surface area contributed by atoms with Gasteiger partial charge >= 0.3 is 6.03 Å². The fourth-order valence-corrected chi connectivity index (χ4v) is 3.67. The molecular weight excluding hydrogens is 318 g/mol. The van der Waals surface area contributed by atoms with Crippen LogP contribution in [-0.4, -0.2) is 61.1 Å². The second-order valence-corrected chi connectivity index (χ2v) is 7.28. The van der Waals surface area contributed by atoms with Gasteiger partial charge in [-0.3, -0.25) is 4.79 Å². The highest BCUT2D eigenvalue weighted by Gasteiger charge is 2.39. The number of hydrogen-bond donors (Lipinski definition) is 1. The normalized spacial score (nSPS) is 20.2. The molecule has 1 spiro atoms. The lowest BCUT2D eigenvalue weighted by Crippen LogP contribution is -2.50. The Kier molecular flexibility index (Phi) is 5.27. The van der Waals surface area contributed by atoms with Gasteiger partial charge in [-0.05, 0) is 37.5 Å². The molecule has 2 saturated heterocycles. The second kappa shape index (κ2) is 7.44. The highest BCUT2D eigenvalue weighted by molar-refractivity contribution is 5.89. The Bertz CT molecular complexity index is 639. The van der Waals surface area contributed by atoms with Crippen LogP contribution >= 0.6 is 0 Å². The molecule has 2 aliphatic rings. The van der Waals surface area contributed by atoms with Crippen molar-refractivity contribution in [1.82, 2.24) is 9.80 Å². The van der Waals surface area contributed by atoms with Gasteiger partial charge < -0.3 is 19.9 Å². The maximum atomic E-state index is 12.5. The fourth-order valence-electron chi connectivity index (χ4n) is 3.67. The second-order valence-electron chi connectivity index (χ2n) is 7.28. The Morgan fingerprint density at radius 3 is 2.60 bits per heavy atom. The first kappa shape index (κ1) is 17.7. The molecule has 0 atom stereocenters. The van der Waals surface area contributed by atoms with Crippen LogP contribution in [-0.2, 0) is 9.53 Å². The summed E-state index contributed by atoms with van der Waals surface area (Å²) < 4.78 is 5.76. The van der Waals surface area contributed by atoms with Crippen molar-refractivity contribution < 1.29 is 14.3 Å². The van der Waals surface area contributed by atoms with E-state index in [1.54, 1.807) is 6.92 Å². The van der Waals surface area contributed by atoms with Gasteiger partial charge in [-0.1, -0.05) is 12.1 Å². The van der Waals surface area contributed by atoms with Crippen molar-refractivity contribution in [2.75, 3.05) is 44.7 Å². The topological polar surface area (TPSA) is 61.9 Å². The Labute approximate surface area is 149 Å². The van der Waals surface area contributed by atoms with Crippen LogP contribution in [0.4, 0.5) is 10.5 Å². The van der Waals surface area contributed by atoms with Crippen LogP contribution in [0.15, 0.2) is 24.3 Å². The largest absolute Gasteiger partial charge is 0.379 e. The number of piperidine rings is 1. The lowest BCUT2D eigenvalue weighted by atomic mass is 9.78. The smallest absolute Gasteiger partial charge is 0.321 e. The first-order valence-corrected chi connectivity index (χ1v) is 8.93. The van der Waals surface area contributed by atoms with Crippen LogP contribution < -0.4 is 5.32 Å².